The molecule has 0 bridgehead atoms. The number of hydrogen-bond donors (Lipinski definition) is 4. The number of imide groups is 1. The van der Waals surface area contributed by atoms with Crippen LogP contribution in [0.3, 0.4) is 0 Å². The molecular formula is C44H46F4N10O6S. The first-order valence-electron chi connectivity index (χ1n) is 21.0. The van der Waals surface area contributed by atoms with E-state index in [1.54, 1.807) is 66.7 Å². The molecule has 3 aliphatic rings. The molecule has 2 aromatic carbocycles. The summed E-state index contributed by atoms with van der Waals surface area (Å²) in [6.45, 7) is 2.93. The Kier molecular flexibility index (Phi) is 12.6. The van der Waals surface area contributed by atoms with Crippen molar-refractivity contribution in [3.63, 3.8) is 0 Å². The van der Waals surface area contributed by atoms with Gasteiger partial charge >= 0.3 is 10.2 Å². The van der Waals surface area contributed by atoms with Gasteiger partial charge in [0.25, 0.3) is 5.92 Å². The summed E-state index contributed by atoms with van der Waals surface area (Å²) >= 11 is 0. The number of rotatable bonds is 13. The zero-order valence-corrected chi connectivity index (χ0v) is 36.2. The number of likely N-dealkylation sites (tertiary alicyclic amines) is 1. The summed E-state index contributed by atoms with van der Waals surface area (Å²) in [4.78, 5) is 67.5. The predicted octanol–water partition coefficient (Wildman–Crippen LogP) is 4.73. The van der Waals surface area contributed by atoms with Crippen LogP contribution >= 0.6 is 0 Å². The van der Waals surface area contributed by atoms with Gasteiger partial charge in [-0.3, -0.25) is 34.1 Å². The van der Waals surface area contributed by atoms with Crippen LogP contribution in [-0.4, -0.2) is 132 Å². The lowest BCUT2D eigenvalue weighted by Crippen LogP contribution is -2.54. The zero-order valence-electron chi connectivity index (χ0n) is 35.4. The largest absolute Gasteiger partial charge is 0.374 e. The number of piperazine rings is 1. The number of anilines is 3. The molecule has 3 fully saturated rings. The smallest absolute Gasteiger partial charge is 0.301 e. The van der Waals surface area contributed by atoms with Crippen LogP contribution in [0, 0.1) is 11.6 Å². The molecule has 3 aliphatic heterocycles. The van der Waals surface area contributed by atoms with E-state index in [0.29, 0.717) is 67.3 Å². The lowest BCUT2D eigenvalue weighted by molar-refractivity contribution is -0.137. The van der Waals surface area contributed by atoms with E-state index in [1.807, 2.05) is 4.90 Å². The van der Waals surface area contributed by atoms with E-state index in [0.717, 1.165) is 16.4 Å². The molecule has 6 heterocycles. The Morgan fingerprint density at radius 1 is 0.938 bits per heavy atom. The third-order valence-electron chi connectivity index (χ3n) is 12.2. The van der Waals surface area contributed by atoms with Gasteiger partial charge in [0.1, 0.15) is 23.3 Å². The fraction of sp³-hybridized carbons (Fsp3) is 0.364. The van der Waals surface area contributed by atoms with Crippen LogP contribution < -0.4 is 20.3 Å². The molecule has 1 unspecified atom stereocenters. The number of benzene rings is 2. The fourth-order valence-corrected chi connectivity index (χ4v) is 9.26. The maximum absolute atomic E-state index is 15.6. The van der Waals surface area contributed by atoms with Crippen LogP contribution in [0.1, 0.15) is 53.6 Å². The first-order valence-corrected chi connectivity index (χ1v) is 22.5. The van der Waals surface area contributed by atoms with Crippen LogP contribution in [0.25, 0.3) is 22.2 Å². The standard InChI is InChI=1S/C44H46F4N10O6S/c1-3-55(2)65(63,64)54-34-10-9-33(45)39(40(34)46)41(61)31-23-51-42-30(31)20-28(22-50-42)27-6-12-36(49-21-27)57-16-18-58(19-17-57)38(60)24-56-15-14-32(44(47,48)25-56)26-4-7-29(8-5-26)52-35-11-13-37(59)53-43(35)62/h4-10,12,20-23,32,35,52,54H,3,11,13-19,24-25H2,1-2H3,(H,50,51)(H,53,59,62)/t32-,35?/m1/s1. The van der Waals surface area contributed by atoms with Crippen molar-refractivity contribution < 1.29 is 45.2 Å². The number of nitrogens with one attached hydrogen (secondary N) is 4. The Balaban J connectivity index is 0.853. The molecule has 0 saturated carbocycles. The zero-order chi connectivity index (χ0) is 46.2. The van der Waals surface area contributed by atoms with Crippen LogP contribution in [0.4, 0.5) is 34.8 Å². The van der Waals surface area contributed by atoms with Gasteiger partial charge in [0.05, 0.1) is 30.3 Å². The first-order chi connectivity index (χ1) is 31.0. The highest BCUT2D eigenvalue weighted by Crippen LogP contribution is 2.41. The van der Waals surface area contributed by atoms with Gasteiger partial charge in [-0.15, -0.1) is 0 Å². The molecule has 16 nitrogen and oxygen atoms in total. The van der Waals surface area contributed by atoms with Crippen molar-refractivity contribution in [3.8, 4) is 11.1 Å². The molecule has 0 aliphatic carbocycles. The normalized spacial score (nSPS) is 19.4. The van der Waals surface area contributed by atoms with Gasteiger partial charge in [-0.05, 0) is 67.4 Å². The third kappa shape index (κ3) is 9.52. The van der Waals surface area contributed by atoms with Crippen LogP contribution in [0.5, 0.6) is 0 Å². The van der Waals surface area contributed by atoms with Gasteiger partial charge in [0, 0.05) is 92.5 Å². The highest BCUT2D eigenvalue weighted by atomic mass is 32.2. The second-order valence-electron chi connectivity index (χ2n) is 16.3. The molecule has 65 heavy (non-hydrogen) atoms. The van der Waals surface area contributed by atoms with E-state index in [9.17, 15) is 27.6 Å². The average Bonchev–Trinajstić information content (AvgIpc) is 3.72. The minimum absolute atomic E-state index is 0.0836. The summed E-state index contributed by atoms with van der Waals surface area (Å²) in [5.74, 6) is -8.02. The molecule has 4 N–H and O–H groups in total. The summed E-state index contributed by atoms with van der Waals surface area (Å²) in [6.07, 6.45) is 5.17. The number of carbonyl (C=O) groups excluding carboxylic acids is 4. The number of halogens is 4. The van der Waals surface area contributed by atoms with Crippen molar-refractivity contribution >= 4 is 61.9 Å². The molecule has 342 valence electrons. The summed E-state index contributed by atoms with van der Waals surface area (Å²) in [5, 5.41) is 5.61. The van der Waals surface area contributed by atoms with Gasteiger partial charge in [0.2, 0.25) is 23.5 Å². The van der Waals surface area contributed by atoms with Gasteiger partial charge in [-0.1, -0.05) is 19.1 Å². The SMILES string of the molecule is CCN(C)S(=O)(=O)Nc1ccc(F)c(C(=O)c2c[nH]c3ncc(-c4ccc(N5CCN(C(=O)CN6CC[C@H](c7ccc(NC8CCC(=O)NC8=O)cc7)C(F)(F)C6)CC5)nc4)cc23)c1F. The lowest BCUT2D eigenvalue weighted by Gasteiger charge is -2.40. The molecule has 0 spiro atoms. The van der Waals surface area contributed by atoms with E-state index in [4.69, 9.17) is 0 Å². The Morgan fingerprint density at radius 2 is 1.68 bits per heavy atom. The number of aromatic nitrogens is 3. The topological polar surface area (TPSA) is 193 Å². The van der Waals surface area contributed by atoms with Crippen molar-refractivity contribution in [1.82, 2.24) is 34.4 Å². The Morgan fingerprint density at radius 3 is 2.35 bits per heavy atom. The average molecular weight is 919 g/mol. The summed E-state index contributed by atoms with van der Waals surface area (Å²) in [7, 11) is -2.89. The molecule has 2 atom stereocenters. The first kappa shape index (κ1) is 45.1. The monoisotopic (exact) mass is 918 g/mol. The predicted molar refractivity (Wildman–Crippen MR) is 234 cm³/mol. The van der Waals surface area contributed by atoms with Crippen molar-refractivity contribution in [2.75, 3.05) is 74.3 Å². The Hall–Kier alpha value is -6.45. The Bertz CT molecular complexity index is 2750. The summed E-state index contributed by atoms with van der Waals surface area (Å²) in [6, 6.07) is 12.9. The number of nitrogens with zero attached hydrogens (tertiary/aromatic N) is 6. The fourth-order valence-electron chi connectivity index (χ4n) is 8.33. The number of carbonyl (C=O) groups is 4. The lowest BCUT2D eigenvalue weighted by atomic mass is 9.86. The second kappa shape index (κ2) is 18.2. The van der Waals surface area contributed by atoms with Crippen LogP contribution in [-0.2, 0) is 24.6 Å². The number of alkyl halides is 2. The van der Waals surface area contributed by atoms with E-state index in [1.165, 1.54) is 18.1 Å². The Labute approximate surface area is 371 Å². The number of fused-ring (bicyclic) bond motifs is 1. The molecule has 3 amide bonds. The van der Waals surface area contributed by atoms with Crippen molar-refractivity contribution in [2.24, 2.45) is 0 Å². The number of ketones is 1. The third-order valence-corrected chi connectivity index (χ3v) is 13.7. The summed E-state index contributed by atoms with van der Waals surface area (Å²) in [5.41, 5.74) is 0.907. The number of amides is 3. The quantitative estimate of drug-likeness (QED) is 0.0725. The number of pyridine rings is 2. The van der Waals surface area contributed by atoms with Crippen molar-refractivity contribution in [1.29, 1.82) is 0 Å². The van der Waals surface area contributed by atoms with E-state index < -0.39 is 69.2 Å². The molecule has 5 aromatic rings. The molecule has 3 saturated heterocycles. The number of aromatic amines is 1. The minimum atomic E-state index is -4.17. The van der Waals surface area contributed by atoms with Crippen molar-refractivity contribution in [3.05, 3.63) is 102 Å². The van der Waals surface area contributed by atoms with Crippen LogP contribution in [0.2, 0.25) is 0 Å². The molecule has 8 rings (SSSR count). The second-order valence-corrected chi connectivity index (χ2v) is 18.1. The van der Waals surface area contributed by atoms with Gasteiger partial charge in [-0.2, -0.15) is 12.7 Å². The maximum atomic E-state index is 15.6. The van der Waals surface area contributed by atoms with Gasteiger partial charge < -0.3 is 20.1 Å². The van der Waals surface area contributed by atoms with Gasteiger partial charge in [0.15, 0.2) is 5.82 Å². The van der Waals surface area contributed by atoms with E-state index in [2.05, 4.69) is 30.3 Å². The molecular weight excluding hydrogens is 873 g/mol. The number of H-pyrrole nitrogens is 1. The molecule has 0 radical (unpaired) electrons. The van der Waals surface area contributed by atoms with Gasteiger partial charge in [-0.25, -0.2) is 27.5 Å². The molecule has 21 heteroatoms. The minimum Gasteiger partial charge on any atom is -0.374 e. The maximum Gasteiger partial charge on any atom is 0.301 e. The highest BCUT2D eigenvalue weighted by molar-refractivity contribution is 7.90. The number of hydrogen-bond acceptors (Lipinski definition) is 11. The van der Waals surface area contributed by atoms with Crippen molar-refractivity contribution in [2.45, 2.75) is 44.1 Å². The highest BCUT2D eigenvalue weighted by Gasteiger charge is 2.46. The summed E-state index contributed by atoms with van der Waals surface area (Å²) < 4.78 is 89.8. The van der Waals surface area contributed by atoms with Crippen LogP contribution in [0.15, 0.2) is 73.2 Å². The number of piperidine rings is 2. The molecule has 3 aromatic heterocycles. The van der Waals surface area contributed by atoms with E-state index in [-0.39, 0.29) is 54.3 Å². The van der Waals surface area contributed by atoms with E-state index >= 15 is 17.6 Å².